The molecule has 8 nitrogen and oxygen atoms in total. The van der Waals surface area contributed by atoms with Crippen molar-refractivity contribution in [1.82, 2.24) is 4.90 Å². The fourth-order valence-corrected chi connectivity index (χ4v) is 4.01. The number of nitrogens with one attached hydrogen (secondary N) is 1. The van der Waals surface area contributed by atoms with Gasteiger partial charge >= 0.3 is 11.9 Å². The Morgan fingerprint density at radius 1 is 1.00 bits per heavy atom. The highest BCUT2D eigenvalue weighted by molar-refractivity contribution is 7.12. The smallest absolute Gasteiger partial charge is 0.337 e. The second-order valence-electron chi connectivity index (χ2n) is 6.82. The van der Waals surface area contributed by atoms with Crippen LogP contribution in [0.25, 0.3) is 0 Å². The molecule has 158 valence electrons. The molecule has 30 heavy (non-hydrogen) atoms. The first-order valence-electron chi connectivity index (χ1n) is 9.38. The highest BCUT2D eigenvalue weighted by atomic mass is 32.1. The highest BCUT2D eigenvalue weighted by Gasteiger charge is 2.28. The number of esters is 2. The average Bonchev–Trinajstić information content (AvgIpc) is 3.32. The molecule has 0 bridgehead atoms. The first kappa shape index (κ1) is 21.5. The van der Waals surface area contributed by atoms with E-state index in [-0.39, 0.29) is 28.9 Å². The van der Waals surface area contributed by atoms with Crippen molar-refractivity contribution in [3.05, 3.63) is 51.7 Å². The highest BCUT2D eigenvalue weighted by Crippen LogP contribution is 2.23. The maximum atomic E-state index is 12.7. The number of likely N-dealkylation sites (tertiary alicyclic amines) is 1. The van der Waals surface area contributed by atoms with Crippen LogP contribution in [-0.4, -0.2) is 56.0 Å². The first-order valence-corrected chi connectivity index (χ1v) is 10.3. The molecule has 1 saturated heterocycles. The van der Waals surface area contributed by atoms with Gasteiger partial charge in [0.1, 0.15) is 0 Å². The number of methoxy groups -OCH3 is 2. The summed E-state index contributed by atoms with van der Waals surface area (Å²) in [6.45, 7) is 0.981. The topological polar surface area (TPSA) is 102 Å². The Kier molecular flexibility index (Phi) is 6.83. The maximum Gasteiger partial charge on any atom is 0.337 e. The van der Waals surface area contributed by atoms with Crippen molar-refractivity contribution >= 4 is 40.8 Å². The van der Waals surface area contributed by atoms with Gasteiger partial charge in [0.15, 0.2) is 0 Å². The molecule has 0 spiro atoms. The molecule has 0 radical (unpaired) electrons. The molecule has 0 unspecified atom stereocenters. The van der Waals surface area contributed by atoms with Gasteiger partial charge < -0.3 is 19.7 Å². The van der Waals surface area contributed by atoms with Gasteiger partial charge in [0.05, 0.1) is 30.2 Å². The van der Waals surface area contributed by atoms with Gasteiger partial charge in [-0.25, -0.2) is 9.59 Å². The van der Waals surface area contributed by atoms with E-state index in [1.165, 1.54) is 43.8 Å². The van der Waals surface area contributed by atoms with E-state index in [2.05, 4.69) is 5.32 Å². The number of benzene rings is 1. The van der Waals surface area contributed by atoms with Crippen LogP contribution < -0.4 is 5.32 Å². The van der Waals surface area contributed by atoms with Crippen LogP contribution in [0.2, 0.25) is 0 Å². The Morgan fingerprint density at radius 3 is 2.10 bits per heavy atom. The van der Waals surface area contributed by atoms with Crippen molar-refractivity contribution in [1.29, 1.82) is 0 Å². The number of hydrogen-bond acceptors (Lipinski definition) is 7. The van der Waals surface area contributed by atoms with Gasteiger partial charge in [-0.05, 0) is 42.5 Å². The summed E-state index contributed by atoms with van der Waals surface area (Å²) in [4.78, 5) is 51.4. The summed E-state index contributed by atoms with van der Waals surface area (Å²) in [5.41, 5.74) is 0.569. The fraction of sp³-hybridized carbons (Fsp3) is 0.333. The monoisotopic (exact) mass is 430 g/mol. The third-order valence-electron chi connectivity index (χ3n) is 4.93. The molecular weight excluding hydrogens is 408 g/mol. The number of ether oxygens (including phenoxy) is 2. The minimum atomic E-state index is -0.628. The standard InChI is InChI=1S/C21H22N2O6S/c1-28-20(26)14-10-15(21(27)29-2)12-16(11-14)22-18(24)13-5-7-23(8-6-13)19(25)17-4-3-9-30-17/h3-4,9-13H,5-8H2,1-2H3,(H,22,24). The quantitative estimate of drug-likeness (QED) is 0.732. The lowest BCUT2D eigenvalue weighted by Gasteiger charge is -2.31. The van der Waals surface area contributed by atoms with E-state index in [1.54, 1.807) is 11.0 Å². The van der Waals surface area contributed by atoms with Gasteiger partial charge in [-0.2, -0.15) is 0 Å². The molecule has 1 aromatic heterocycles. The number of rotatable bonds is 5. The Labute approximate surface area is 177 Å². The minimum Gasteiger partial charge on any atom is -0.465 e. The van der Waals surface area contributed by atoms with Gasteiger partial charge in [0.2, 0.25) is 5.91 Å². The van der Waals surface area contributed by atoms with E-state index in [0.29, 0.717) is 36.5 Å². The lowest BCUT2D eigenvalue weighted by atomic mass is 9.95. The molecular formula is C21H22N2O6S. The lowest BCUT2D eigenvalue weighted by molar-refractivity contribution is -0.121. The Morgan fingerprint density at radius 2 is 1.60 bits per heavy atom. The van der Waals surface area contributed by atoms with Crippen molar-refractivity contribution in [3.8, 4) is 0 Å². The van der Waals surface area contributed by atoms with Crippen molar-refractivity contribution in [3.63, 3.8) is 0 Å². The van der Waals surface area contributed by atoms with Gasteiger partial charge in [0.25, 0.3) is 5.91 Å². The zero-order valence-corrected chi connectivity index (χ0v) is 17.5. The van der Waals surface area contributed by atoms with Crippen LogP contribution in [-0.2, 0) is 14.3 Å². The fourth-order valence-electron chi connectivity index (χ4n) is 3.32. The second kappa shape index (κ2) is 9.53. The summed E-state index contributed by atoms with van der Waals surface area (Å²) in [7, 11) is 2.47. The van der Waals surface area contributed by atoms with E-state index in [9.17, 15) is 19.2 Å². The summed E-state index contributed by atoms with van der Waals surface area (Å²) < 4.78 is 9.41. The Hall–Kier alpha value is -3.20. The number of thiophene rings is 1. The summed E-state index contributed by atoms with van der Waals surface area (Å²) in [6, 6.07) is 7.88. The summed E-state index contributed by atoms with van der Waals surface area (Å²) >= 11 is 1.40. The van der Waals surface area contributed by atoms with Crippen LogP contribution in [0.1, 0.15) is 43.2 Å². The summed E-state index contributed by atoms with van der Waals surface area (Å²) in [5.74, 6) is -1.78. The van der Waals surface area contributed by atoms with E-state index >= 15 is 0 Å². The van der Waals surface area contributed by atoms with Crippen LogP contribution in [0.3, 0.4) is 0 Å². The zero-order chi connectivity index (χ0) is 21.7. The molecule has 0 aliphatic carbocycles. The van der Waals surface area contributed by atoms with Crippen molar-refractivity contribution < 1.29 is 28.7 Å². The molecule has 2 aromatic rings. The van der Waals surface area contributed by atoms with Gasteiger partial charge in [0, 0.05) is 24.7 Å². The maximum absolute atomic E-state index is 12.7. The summed E-state index contributed by atoms with van der Waals surface area (Å²) in [5, 5.41) is 4.63. The zero-order valence-electron chi connectivity index (χ0n) is 16.7. The van der Waals surface area contributed by atoms with Crippen LogP contribution in [0, 0.1) is 5.92 Å². The van der Waals surface area contributed by atoms with Gasteiger partial charge in [-0.15, -0.1) is 11.3 Å². The van der Waals surface area contributed by atoms with Crippen LogP contribution >= 0.6 is 11.3 Å². The number of hydrogen-bond donors (Lipinski definition) is 1. The predicted octanol–water partition coefficient (Wildman–Crippen LogP) is 2.81. The molecule has 1 fully saturated rings. The molecule has 0 saturated carbocycles. The number of anilines is 1. The number of amides is 2. The van der Waals surface area contributed by atoms with Crippen molar-refractivity contribution in [2.75, 3.05) is 32.6 Å². The molecule has 1 aromatic carbocycles. The second-order valence-corrected chi connectivity index (χ2v) is 7.76. The van der Waals surface area contributed by atoms with E-state index in [4.69, 9.17) is 9.47 Å². The van der Waals surface area contributed by atoms with Gasteiger partial charge in [-0.3, -0.25) is 9.59 Å². The number of nitrogens with zero attached hydrogens (tertiary/aromatic N) is 1. The molecule has 0 atom stereocenters. The molecule has 2 amide bonds. The number of carbonyl (C=O) groups excluding carboxylic acids is 4. The molecule has 1 aliphatic rings. The van der Waals surface area contributed by atoms with Crippen molar-refractivity contribution in [2.45, 2.75) is 12.8 Å². The number of piperidine rings is 1. The largest absolute Gasteiger partial charge is 0.465 e. The van der Waals surface area contributed by atoms with E-state index < -0.39 is 11.9 Å². The third kappa shape index (κ3) is 4.85. The Balaban J connectivity index is 1.66. The third-order valence-corrected chi connectivity index (χ3v) is 5.79. The SMILES string of the molecule is COC(=O)c1cc(NC(=O)C2CCN(C(=O)c3cccs3)CC2)cc(C(=O)OC)c1. The minimum absolute atomic E-state index is 0.0163. The Bertz CT molecular complexity index is 914. The van der Waals surface area contributed by atoms with Crippen LogP contribution in [0.4, 0.5) is 5.69 Å². The van der Waals surface area contributed by atoms with E-state index in [1.807, 2.05) is 11.4 Å². The average molecular weight is 430 g/mol. The first-order chi connectivity index (χ1) is 14.4. The van der Waals surface area contributed by atoms with Crippen molar-refractivity contribution in [2.24, 2.45) is 5.92 Å². The number of carbonyl (C=O) groups is 4. The van der Waals surface area contributed by atoms with Crippen LogP contribution in [0.5, 0.6) is 0 Å². The lowest BCUT2D eigenvalue weighted by Crippen LogP contribution is -2.41. The molecule has 1 aliphatic heterocycles. The predicted molar refractivity (Wildman–Crippen MR) is 111 cm³/mol. The van der Waals surface area contributed by atoms with E-state index in [0.717, 1.165) is 0 Å². The summed E-state index contributed by atoms with van der Waals surface area (Å²) in [6.07, 6.45) is 1.06. The van der Waals surface area contributed by atoms with Gasteiger partial charge in [-0.1, -0.05) is 6.07 Å². The molecule has 1 N–H and O–H groups in total. The molecule has 2 heterocycles. The molecule has 3 rings (SSSR count). The molecule has 9 heteroatoms. The van der Waals surface area contributed by atoms with Crippen LogP contribution in [0.15, 0.2) is 35.7 Å². The normalized spacial score (nSPS) is 14.1.